The minimum Gasteiger partial charge on any atom is -0.395 e. The van der Waals surface area contributed by atoms with E-state index in [9.17, 15) is 9.90 Å². The molecule has 20 heavy (non-hydrogen) atoms. The van der Waals surface area contributed by atoms with Crippen LogP contribution in [-0.4, -0.2) is 43.3 Å². The Bertz CT molecular complexity index is 475. The Morgan fingerprint density at radius 3 is 2.95 bits per heavy atom. The number of carbonyl (C=O) groups is 1. The van der Waals surface area contributed by atoms with E-state index in [-0.39, 0.29) is 6.61 Å². The zero-order valence-electron chi connectivity index (χ0n) is 11.3. The van der Waals surface area contributed by atoms with Crippen molar-refractivity contribution in [3.63, 3.8) is 0 Å². The maximum Gasteiger partial charge on any atom is 0.250 e. The van der Waals surface area contributed by atoms with Crippen LogP contribution in [0.4, 0.5) is 5.69 Å². The van der Waals surface area contributed by atoms with Crippen molar-refractivity contribution < 1.29 is 9.90 Å². The average Bonchev–Trinajstić information content (AvgIpc) is 2.90. The minimum absolute atomic E-state index is 0.0391. The van der Waals surface area contributed by atoms with E-state index >= 15 is 0 Å². The molecule has 6 heteroatoms. The van der Waals surface area contributed by atoms with Crippen LogP contribution in [0.1, 0.15) is 23.2 Å². The smallest absolute Gasteiger partial charge is 0.250 e. The molecule has 110 valence electrons. The fourth-order valence-corrected chi connectivity index (χ4v) is 2.93. The number of hydrogen-bond acceptors (Lipinski definition) is 4. The summed E-state index contributed by atoms with van der Waals surface area (Å²) in [5.74, 6) is -0.449. The quantitative estimate of drug-likeness (QED) is 0.723. The second-order valence-electron chi connectivity index (χ2n) is 4.99. The molecule has 1 atom stereocenters. The fourth-order valence-electron chi connectivity index (χ4n) is 2.58. The predicted molar refractivity (Wildman–Crippen MR) is 83.0 cm³/mol. The number of nitrogens with one attached hydrogen (secondary N) is 1. The molecular weight excluding hydrogens is 322 g/mol. The first-order valence-electron chi connectivity index (χ1n) is 6.80. The first-order chi connectivity index (χ1) is 9.61. The van der Waals surface area contributed by atoms with Crippen molar-refractivity contribution in [2.24, 2.45) is 5.73 Å². The van der Waals surface area contributed by atoms with Gasteiger partial charge in [-0.1, -0.05) is 15.9 Å². The number of carbonyl (C=O) groups excluding carboxylic acids is 1. The summed E-state index contributed by atoms with van der Waals surface area (Å²) >= 11 is 3.42. The van der Waals surface area contributed by atoms with Gasteiger partial charge >= 0.3 is 0 Å². The van der Waals surface area contributed by atoms with Crippen LogP contribution >= 0.6 is 15.9 Å². The summed E-state index contributed by atoms with van der Waals surface area (Å²) in [6.07, 6.45) is 2.28. The molecule has 1 fully saturated rings. The molecule has 1 amide bonds. The van der Waals surface area contributed by atoms with Crippen molar-refractivity contribution >= 4 is 27.5 Å². The van der Waals surface area contributed by atoms with Crippen LogP contribution in [-0.2, 0) is 0 Å². The van der Waals surface area contributed by atoms with Crippen molar-refractivity contribution in [1.29, 1.82) is 0 Å². The van der Waals surface area contributed by atoms with Crippen LogP contribution in [0.2, 0.25) is 0 Å². The zero-order chi connectivity index (χ0) is 14.5. The van der Waals surface area contributed by atoms with Gasteiger partial charge < -0.3 is 21.1 Å². The van der Waals surface area contributed by atoms with Crippen molar-refractivity contribution in [3.8, 4) is 0 Å². The molecule has 0 spiro atoms. The van der Waals surface area contributed by atoms with E-state index in [1.165, 1.54) is 6.42 Å². The molecule has 4 N–H and O–H groups in total. The number of nitrogens with two attached hydrogens (primary N) is 1. The molecule has 0 saturated carbocycles. The van der Waals surface area contributed by atoms with Gasteiger partial charge in [0, 0.05) is 23.6 Å². The van der Waals surface area contributed by atoms with Crippen LogP contribution in [0, 0.1) is 0 Å². The molecular formula is C14H20BrN3O2. The average molecular weight is 342 g/mol. The monoisotopic (exact) mass is 341 g/mol. The lowest BCUT2D eigenvalue weighted by Gasteiger charge is -2.28. The summed E-state index contributed by atoms with van der Waals surface area (Å²) in [6.45, 7) is 2.31. The van der Waals surface area contributed by atoms with Gasteiger partial charge in [0.2, 0.25) is 0 Å². The van der Waals surface area contributed by atoms with Gasteiger partial charge in [-0.2, -0.15) is 0 Å². The summed E-state index contributed by atoms with van der Waals surface area (Å²) in [5.41, 5.74) is 6.71. The highest BCUT2D eigenvalue weighted by Crippen LogP contribution is 2.26. The lowest BCUT2D eigenvalue weighted by Crippen LogP contribution is -2.40. The molecule has 2 rings (SSSR count). The molecule has 1 aromatic carbocycles. The molecule has 0 aliphatic carbocycles. The SMILES string of the molecule is NC(=O)c1ccc(Br)cc1N(CCO)CC1CCCN1. The van der Waals surface area contributed by atoms with Gasteiger partial charge in [-0.15, -0.1) is 0 Å². The molecule has 1 aromatic rings. The fraction of sp³-hybridized carbons (Fsp3) is 0.500. The van der Waals surface area contributed by atoms with Gasteiger partial charge in [0.25, 0.3) is 5.91 Å². The number of anilines is 1. The summed E-state index contributed by atoms with van der Waals surface area (Å²) in [6, 6.07) is 5.79. The molecule has 1 saturated heterocycles. The maximum absolute atomic E-state index is 11.6. The van der Waals surface area contributed by atoms with E-state index in [0.29, 0.717) is 18.2 Å². The van der Waals surface area contributed by atoms with Crippen LogP contribution in [0.25, 0.3) is 0 Å². The molecule has 1 unspecified atom stereocenters. The third-order valence-electron chi connectivity index (χ3n) is 3.54. The minimum atomic E-state index is -0.449. The normalized spacial score (nSPS) is 18.2. The molecule has 0 aromatic heterocycles. The number of aliphatic hydroxyl groups is 1. The first-order valence-corrected chi connectivity index (χ1v) is 7.59. The summed E-state index contributed by atoms with van der Waals surface area (Å²) < 4.78 is 0.889. The van der Waals surface area contributed by atoms with Crippen LogP contribution in [0.15, 0.2) is 22.7 Å². The Morgan fingerprint density at radius 2 is 2.35 bits per heavy atom. The second kappa shape index (κ2) is 7.06. The molecule has 1 aliphatic rings. The van der Waals surface area contributed by atoms with Crippen molar-refractivity contribution in [3.05, 3.63) is 28.2 Å². The van der Waals surface area contributed by atoms with Crippen LogP contribution in [0.5, 0.6) is 0 Å². The van der Waals surface area contributed by atoms with E-state index < -0.39 is 5.91 Å². The second-order valence-corrected chi connectivity index (χ2v) is 5.90. The Kier molecular flexibility index (Phi) is 5.39. The highest BCUT2D eigenvalue weighted by molar-refractivity contribution is 9.10. The molecule has 0 bridgehead atoms. The third kappa shape index (κ3) is 3.71. The van der Waals surface area contributed by atoms with Crippen molar-refractivity contribution in [1.82, 2.24) is 5.32 Å². The number of hydrogen-bond donors (Lipinski definition) is 3. The van der Waals surface area contributed by atoms with E-state index in [1.807, 2.05) is 11.0 Å². The van der Waals surface area contributed by atoms with Crippen molar-refractivity contribution in [2.75, 3.05) is 31.1 Å². The highest BCUT2D eigenvalue weighted by Gasteiger charge is 2.21. The lowest BCUT2D eigenvalue weighted by molar-refractivity contribution is 0.100. The van der Waals surface area contributed by atoms with Gasteiger partial charge in [0.1, 0.15) is 0 Å². The largest absolute Gasteiger partial charge is 0.395 e. The predicted octanol–water partition coefficient (Wildman–Crippen LogP) is 1.10. The molecule has 5 nitrogen and oxygen atoms in total. The number of amides is 1. The van der Waals surface area contributed by atoms with Crippen molar-refractivity contribution in [2.45, 2.75) is 18.9 Å². The Labute approximate surface area is 127 Å². The van der Waals surface area contributed by atoms with Gasteiger partial charge in [0.15, 0.2) is 0 Å². The van der Waals surface area contributed by atoms with Gasteiger partial charge in [-0.25, -0.2) is 0 Å². The maximum atomic E-state index is 11.6. The molecule has 1 heterocycles. The topological polar surface area (TPSA) is 78.6 Å². The van der Waals surface area contributed by atoms with Crippen LogP contribution < -0.4 is 16.0 Å². The number of nitrogens with zero attached hydrogens (tertiary/aromatic N) is 1. The summed E-state index contributed by atoms with van der Waals surface area (Å²) in [5, 5.41) is 12.7. The van der Waals surface area contributed by atoms with Gasteiger partial charge in [-0.3, -0.25) is 4.79 Å². The van der Waals surface area contributed by atoms with Gasteiger partial charge in [-0.05, 0) is 37.6 Å². The van der Waals surface area contributed by atoms with Gasteiger partial charge in [0.05, 0.1) is 17.9 Å². The van der Waals surface area contributed by atoms with E-state index in [2.05, 4.69) is 21.2 Å². The Balaban J connectivity index is 2.26. The number of benzene rings is 1. The summed E-state index contributed by atoms with van der Waals surface area (Å²) in [7, 11) is 0. The van der Waals surface area contributed by atoms with Crippen LogP contribution in [0.3, 0.4) is 0 Å². The van der Waals surface area contributed by atoms with E-state index in [0.717, 1.165) is 29.7 Å². The number of primary amides is 1. The number of aliphatic hydroxyl groups excluding tert-OH is 1. The third-order valence-corrected chi connectivity index (χ3v) is 4.03. The standard InChI is InChI=1S/C14H20BrN3O2/c15-10-3-4-12(14(16)20)13(8-10)18(6-7-19)9-11-2-1-5-17-11/h3-4,8,11,17,19H,1-2,5-7,9H2,(H2,16,20). The highest BCUT2D eigenvalue weighted by atomic mass is 79.9. The Morgan fingerprint density at radius 1 is 1.55 bits per heavy atom. The zero-order valence-corrected chi connectivity index (χ0v) is 12.9. The summed E-state index contributed by atoms with van der Waals surface area (Å²) in [4.78, 5) is 13.6. The Hall–Kier alpha value is -1.11. The lowest BCUT2D eigenvalue weighted by atomic mass is 10.1. The molecule has 0 radical (unpaired) electrons. The number of rotatable bonds is 6. The van der Waals surface area contributed by atoms with E-state index in [4.69, 9.17) is 5.73 Å². The molecule has 1 aliphatic heterocycles. The number of halogens is 1. The first kappa shape index (κ1) is 15.3. The van der Waals surface area contributed by atoms with E-state index in [1.54, 1.807) is 12.1 Å².